The van der Waals surface area contributed by atoms with Gasteiger partial charge in [-0.15, -0.1) is 0 Å². The van der Waals surface area contributed by atoms with Crippen LogP contribution < -0.4 is 5.73 Å². The first-order chi connectivity index (χ1) is 9.13. The van der Waals surface area contributed by atoms with E-state index in [-0.39, 0.29) is 0 Å². The summed E-state index contributed by atoms with van der Waals surface area (Å²) in [6.07, 6.45) is 3.78. The second-order valence-corrected chi connectivity index (χ2v) is 6.54. The zero-order valence-electron chi connectivity index (χ0n) is 10.9. The Hall–Kier alpha value is -0.350. The van der Waals surface area contributed by atoms with Crippen molar-refractivity contribution in [1.82, 2.24) is 9.88 Å². The van der Waals surface area contributed by atoms with Crippen LogP contribution in [0, 0.1) is 11.8 Å². The Bertz CT molecular complexity index is 466. The van der Waals surface area contributed by atoms with Crippen molar-refractivity contribution in [3.63, 3.8) is 0 Å². The van der Waals surface area contributed by atoms with Gasteiger partial charge in [0.2, 0.25) is 0 Å². The Morgan fingerprint density at radius 2 is 2.11 bits per heavy atom. The number of halogens is 2. The fourth-order valence-corrected chi connectivity index (χ4v) is 3.94. The summed E-state index contributed by atoms with van der Waals surface area (Å²) in [6, 6.07) is 4.15. The molecule has 1 aliphatic carbocycles. The van der Waals surface area contributed by atoms with E-state index in [1.165, 1.54) is 19.3 Å². The summed E-state index contributed by atoms with van der Waals surface area (Å²) in [7, 11) is 0. The molecule has 5 heteroatoms. The summed E-state index contributed by atoms with van der Waals surface area (Å²) in [5, 5.41) is 0.970. The number of pyridine rings is 1. The summed E-state index contributed by atoms with van der Waals surface area (Å²) < 4.78 is 0. The lowest BCUT2D eigenvalue weighted by atomic mass is 9.78. The molecule has 0 bridgehead atoms. The van der Waals surface area contributed by atoms with Gasteiger partial charge >= 0.3 is 0 Å². The zero-order chi connectivity index (χ0) is 13.4. The number of fused-ring (bicyclic) bond motifs is 1. The van der Waals surface area contributed by atoms with Crippen LogP contribution in [0.15, 0.2) is 12.1 Å². The van der Waals surface area contributed by atoms with Gasteiger partial charge in [-0.05, 0) is 30.7 Å². The number of aromatic nitrogens is 1. The summed E-state index contributed by atoms with van der Waals surface area (Å²) in [5.74, 6) is 1.43. The first-order valence-electron chi connectivity index (χ1n) is 6.92. The predicted octanol–water partition coefficient (Wildman–Crippen LogP) is 2.95. The molecule has 3 atom stereocenters. The van der Waals surface area contributed by atoms with E-state index in [1.807, 2.05) is 6.07 Å². The molecule has 3 rings (SSSR count). The largest absolute Gasteiger partial charge is 0.327 e. The van der Waals surface area contributed by atoms with Crippen LogP contribution in [0.5, 0.6) is 0 Å². The van der Waals surface area contributed by atoms with Crippen LogP contribution >= 0.6 is 23.2 Å². The lowest BCUT2D eigenvalue weighted by Crippen LogP contribution is -2.38. The third-order valence-corrected chi connectivity index (χ3v) is 5.05. The monoisotopic (exact) mass is 299 g/mol. The number of nitrogens with zero attached hydrogens (tertiary/aromatic N) is 2. The van der Waals surface area contributed by atoms with Crippen molar-refractivity contribution in [2.24, 2.45) is 17.6 Å². The van der Waals surface area contributed by atoms with Crippen LogP contribution in [0.2, 0.25) is 10.3 Å². The Kier molecular flexibility index (Phi) is 3.99. The lowest BCUT2D eigenvalue weighted by Gasteiger charge is -2.29. The van der Waals surface area contributed by atoms with E-state index in [9.17, 15) is 0 Å². The summed E-state index contributed by atoms with van der Waals surface area (Å²) in [6.45, 7) is 3.07. The van der Waals surface area contributed by atoms with Crippen molar-refractivity contribution >= 4 is 23.2 Å². The Morgan fingerprint density at radius 1 is 1.26 bits per heavy atom. The summed E-state index contributed by atoms with van der Waals surface area (Å²) >= 11 is 12.0. The van der Waals surface area contributed by atoms with E-state index >= 15 is 0 Å². The molecule has 1 saturated carbocycles. The number of likely N-dealkylation sites (tertiary alicyclic amines) is 1. The first-order valence-corrected chi connectivity index (χ1v) is 7.68. The van der Waals surface area contributed by atoms with Crippen molar-refractivity contribution in [2.45, 2.75) is 31.8 Å². The predicted molar refractivity (Wildman–Crippen MR) is 78.3 cm³/mol. The highest BCUT2D eigenvalue weighted by Gasteiger charge is 2.38. The Balaban J connectivity index is 1.68. The van der Waals surface area contributed by atoms with Gasteiger partial charge in [0.1, 0.15) is 10.3 Å². The van der Waals surface area contributed by atoms with Crippen LogP contribution in [0.1, 0.15) is 24.8 Å². The zero-order valence-corrected chi connectivity index (χ0v) is 12.4. The van der Waals surface area contributed by atoms with E-state index in [0.29, 0.717) is 22.3 Å². The molecule has 19 heavy (non-hydrogen) atoms. The van der Waals surface area contributed by atoms with Crippen molar-refractivity contribution in [3.05, 3.63) is 28.0 Å². The molecule has 2 fully saturated rings. The van der Waals surface area contributed by atoms with Gasteiger partial charge in [0.05, 0.1) is 0 Å². The van der Waals surface area contributed by atoms with Gasteiger partial charge in [-0.25, -0.2) is 4.98 Å². The van der Waals surface area contributed by atoms with Crippen LogP contribution in [-0.4, -0.2) is 29.0 Å². The topological polar surface area (TPSA) is 42.1 Å². The molecule has 1 saturated heterocycles. The first kappa shape index (κ1) is 13.6. The minimum absolute atomic E-state index is 0.377. The fourth-order valence-electron chi connectivity index (χ4n) is 3.54. The summed E-state index contributed by atoms with van der Waals surface area (Å²) in [5.41, 5.74) is 7.30. The summed E-state index contributed by atoms with van der Waals surface area (Å²) in [4.78, 5) is 6.56. The van der Waals surface area contributed by atoms with Crippen LogP contribution in [-0.2, 0) is 6.54 Å². The van der Waals surface area contributed by atoms with E-state index in [0.717, 1.165) is 31.1 Å². The normalized spacial score (nSPS) is 31.4. The minimum Gasteiger partial charge on any atom is -0.327 e. The highest BCUT2D eigenvalue weighted by molar-refractivity contribution is 6.32. The van der Waals surface area contributed by atoms with Gasteiger partial charge in [-0.3, -0.25) is 4.90 Å². The number of rotatable bonds is 2. The third kappa shape index (κ3) is 2.89. The van der Waals surface area contributed by atoms with Crippen LogP contribution in [0.3, 0.4) is 0 Å². The number of hydrogen-bond donors (Lipinski definition) is 1. The highest BCUT2D eigenvalue weighted by atomic mass is 35.5. The van der Waals surface area contributed by atoms with Crippen LogP contribution in [0.25, 0.3) is 0 Å². The lowest BCUT2D eigenvalue weighted by molar-refractivity contribution is 0.259. The van der Waals surface area contributed by atoms with Crippen molar-refractivity contribution in [2.75, 3.05) is 13.1 Å². The highest BCUT2D eigenvalue weighted by Crippen LogP contribution is 2.36. The molecule has 3 nitrogen and oxygen atoms in total. The molecule has 2 N–H and O–H groups in total. The van der Waals surface area contributed by atoms with Gasteiger partial charge in [0, 0.05) is 31.2 Å². The molecule has 2 heterocycles. The molecule has 104 valence electrons. The van der Waals surface area contributed by atoms with E-state index < -0.39 is 0 Å². The van der Waals surface area contributed by atoms with Crippen molar-refractivity contribution < 1.29 is 0 Å². The quantitative estimate of drug-likeness (QED) is 0.854. The van der Waals surface area contributed by atoms with Crippen LogP contribution in [0.4, 0.5) is 0 Å². The van der Waals surface area contributed by atoms with E-state index in [2.05, 4.69) is 9.88 Å². The van der Waals surface area contributed by atoms with Gasteiger partial charge < -0.3 is 5.73 Å². The molecule has 2 aliphatic rings. The molecule has 0 radical (unpaired) electrons. The smallest absolute Gasteiger partial charge is 0.135 e. The molecule has 0 amide bonds. The average Bonchev–Trinajstić information content (AvgIpc) is 2.77. The molecular formula is C14H19Cl2N3. The molecule has 1 aliphatic heterocycles. The minimum atomic E-state index is 0.377. The van der Waals surface area contributed by atoms with Gasteiger partial charge in [-0.2, -0.15) is 0 Å². The maximum absolute atomic E-state index is 6.24. The number of hydrogen-bond acceptors (Lipinski definition) is 3. The molecular weight excluding hydrogens is 281 g/mol. The number of nitrogens with two attached hydrogens (primary N) is 1. The van der Waals surface area contributed by atoms with E-state index in [1.54, 1.807) is 6.07 Å². The third-order valence-electron chi connectivity index (χ3n) is 4.52. The second kappa shape index (κ2) is 5.57. The maximum atomic E-state index is 6.24. The standard InChI is InChI=1S/C14H19Cl2N3/c15-13-5-4-10(14(16)18-13)7-19-6-9-2-1-3-12(17)11(9)8-19/h4-5,9,11-12H,1-3,6-8,17H2. The van der Waals surface area contributed by atoms with Crippen molar-refractivity contribution in [1.29, 1.82) is 0 Å². The van der Waals surface area contributed by atoms with Gasteiger partial charge in [-0.1, -0.05) is 35.7 Å². The molecule has 0 spiro atoms. The molecule has 1 aromatic heterocycles. The second-order valence-electron chi connectivity index (χ2n) is 5.80. The Morgan fingerprint density at radius 3 is 2.84 bits per heavy atom. The fraction of sp³-hybridized carbons (Fsp3) is 0.643. The van der Waals surface area contributed by atoms with E-state index in [4.69, 9.17) is 28.9 Å². The molecule has 3 unspecified atom stereocenters. The van der Waals surface area contributed by atoms with Crippen molar-refractivity contribution in [3.8, 4) is 0 Å². The molecule has 0 aromatic carbocycles. The maximum Gasteiger partial charge on any atom is 0.135 e. The molecule has 1 aromatic rings. The Labute approximate surface area is 124 Å². The average molecular weight is 300 g/mol. The van der Waals surface area contributed by atoms with Gasteiger partial charge in [0.25, 0.3) is 0 Å². The SMILES string of the molecule is NC1CCCC2CN(Cc3ccc(Cl)nc3Cl)CC12. The van der Waals surface area contributed by atoms with Gasteiger partial charge in [0.15, 0.2) is 0 Å².